The Labute approximate surface area is 98.2 Å². The molecule has 0 aromatic rings. The molecule has 0 heterocycles. The average molecular weight is 224 g/mol. The van der Waals surface area contributed by atoms with Crippen LogP contribution in [0, 0.1) is 5.92 Å². The highest BCUT2D eigenvalue weighted by Gasteiger charge is 2.27. The third kappa shape index (κ3) is 3.21. The summed E-state index contributed by atoms with van der Waals surface area (Å²) in [6, 6.07) is 1.24. The van der Waals surface area contributed by atoms with Gasteiger partial charge < -0.3 is 11.1 Å². The Balaban J connectivity index is 1.78. The molecular formula is C13H24N2O. The number of rotatable bonds is 3. The molecule has 16 heavy (non-hydrogen) atoms. The summed E-state index contributed by atoms with van der Waals surface area (Å²) in [5, 5.41) is 3.73. The molecule has 0 spiro atoms. The summed E-state index contributed by atoms with van der Waals surface area (Å²) in [6.07, 6.45) is 11.1. The smallest absolute Gasteiger partial charge is 0.220 e. The van der Waals surface area contributed by atoms with E-state index in [0.717, 1.165) is 19.3 Å². The van der Waals surface area contributed by atoms with E-state index in [1.807, 2.05) is 0 Å². The molecule has 0 aromatic heterocycles. The van der Waals surface area contributed by atoms with E-state index < -0.39 is 0 Å². The van der Waals surface area contributed by atoms with Gasteiger partial charge in [0.1, 0.15) is 0 Å². The largest absolute Gasteiger partial charge is 0.369 e. The number of carbonyl (C=O) groups is 1. The molecular weight excluding hydrogens is 200 g/mol. The fourth-order valence-electron chi connectivity index (χ4n) is 3.20. The zero-order valence-corrected chi connectivity index (χ0v) is 10.1. The summed E-state index contributed by atoms with van der Waals surface area (Å²) >= 11 is 0. The molecule has 3 heteroatoms. The van der Waals surface area contributed by atoms with Gasteiger partial charge in [-0.2, -0.15) is 0 Å². The van der Waals surface area contributed by atoms with Gasteiger partial charge in [0.25, 0.3) is 0 Å². The zero-order valence-electron chi connectivity index (χ0n) is 10.1. The molecule has 2 rings (SSSR count). The molecule has 2 fully saturated rings. The van der Waals surface area contributed by atoms with Gasteiger partial charge in [0.05, 0.1) is 0 Å². The van der Waals surface area contributed by atoms with Crippen LogP contribution in [-0.4, -0.2) is 18.0 Å². The lowest BCUT2D eigenvalue weighted by Gasteiger charge is -2.33. The quantitative estimate of drug-likeness (QED) is 0.770. The van der Waals surface area contributed by atoms with Crippen molar-refractivity contribution in [3.8, 4) is 0 Å². The monoisotopic (exact) mass is 224 g/mol. The summed E-state index contributed by atoms with van der Waals surface area (Å²) in [4.78, 5) is 11.2. The Hall–Kier alpha value is -0.570. The van der Waals surface area contributed by atoms with Crippen LogP contribution in [0.3, 0.4) is 0 Å². The van der Waals surface area contributed by atoms with Crippen LogP contribution in [0.1, 0.15) is 57.8 Å². The van der Waals surface area contributed by atoms with E-state index in [2.05, 4.69) is 5.32 Å². The van der Waals surface area contributed by atoms with Gasteiger partial charge in [-0.3, -0.25) is 4.79 Å². The standard InChI is InChI=1S/C13H24N2O/c14-13(16)10-5-4-8-12(9-10)15-11-6-2-1-3-7-11/h10-12,15H,1-9H2,(H2,14,16). The van der Waals surface area contributed by atoms with E-state index in [-0.39, 0.29) is 11.8 Å². The highest BCUT2D eigenvalue weighted by molar-refractivity contribution is 5.76. The van der Waals surface area contributed by atoms with E-state index in [4.69, 9.17) is 5.73 Å². The fourth-order valence-corrected chi connectivity index (χ4v) is 3.20. The summed E-state index contributed by atoms with van der Waals surface area (Å²) in [7, 11) is 0. The third-order valence-electron chi connectivity index (χ3n) is 4.15. The minimum Gasteiger partial charge on any atom is -0.369 e. The Morgan fingerprint density at radius 2 is 1.62 bits per heavy atom. The summed E-state index contributed by atoms with van der Waals surface area (Å²) in [5.41, 5.74) is 5.40. The van der Waals surface area contributed by atoms with Crippen molar-refractivity contribution in [3.05, 3.63) is 0 Å². The summed E-state index contributed by atoms with van der Waals surface area (Å²) < 4.78 is 0. The molecule has 3 nitrogen and oxygen atoms in total. The number of hydrogen-bond acceptors (Lipinski definition) is 2. The highest BCUT2D eigenvalue weighted by atomic mass is 16.1. The predicted molar refractivity (Wildman–Crippen MR) is 64.9 cm³/mol. The fraction of sp³-hybridized carbons (Fsp3) is 0.923. The van der Waals surface area contributed by atoms with E-state index in [0.29, 0.717) is 12.1 Å². The van der Waals surface area contributed by atoms with E-state index in [9.17, 15) is 4.79 Å². The first-order chi connectivity index (χ1) is 7.75. The van der Waals surface area contributed by atoms with Crippen molar-refractivity contribution in [2.24, 2.45) is 11.7 Å². The van der Waals surface area contributed by atoms with Crippen molar-refractivity contribution < 1.29 is 4.79 Å². The molecule has 1 amide bonds. The van der Waals surface area contributed by atoms with Gasteiger partial charge in [0.2, 0.25) is 5.91 Å². The molecule has 2 aliphatic carbocycles. The number of primary amides is 1. The van der Waals surface area contributed by atoms with Crippen molar-refractivity contribution in [2.45, 2.75) is 69.9 Å². The summed E-state index contributed by atoms with van der Waals surface area (Å²) in [5.74, 6) is 0.0185. The van der Waals surface area contributed by atoms with Gasteiger partial charge in [0, 0.05) is 18.0 Å². The van der Waals surface area contributed by atoms with Crippen LogP contribution in [0.5, 0.6) is 0 Å². The van der Waals surface area contributed by atoms with Crippen LogP contribution in [0.15, 0.2) is 0 Å². The molecule has 0 aliphatic heterocycles. The minimum absolute atomic E-state index is 0.102. The molecule has 0 radical (unpaired) electrons. The van der Waals surface area contributed by atoms with Crippen molar-refractivity contribution in [1.29, 1.82) is 0 Å². The van der Waals surface area contributed by atoms with Crippen molar-refractivity contribution in [2.75, 3.05) is 0 Å². The van der Waals surface area contributed by atoms with E-state index in [1.54, 1.807) is 0 Å². The first-order valence-corrected chi connectivity index (χ1v) is 6.81. The number of nitrogens with two attached hydrogens (primary N) is 1. The predicted octanol–water partition coefficient (Wildman–Crippen LogP) is 1.95. The van der Waals surface area contributed by atoms with E-state index >= 15 is 0 Å². The van der Waals surface area contributed by atoms with Gasteiger partial charge in [-0.15, -0.1) is 0 Å². The Kier molecular flexibility index (Phi) is 4.22. The average Bonchev–Trinajstić information content (AvgIpc) is 2.30. The molecule has 2 aliphatic rings. The Bertz CT molecular complexity index is 236. The number of hydrogen-bond donors (Lipinski definition) is 2. The Morgan fingerprint density at radius 3 is 2.31 bits per heavy atom. The second kappa shape index (κ2) is 5.67. The normalized spacial score (nSPS) is 32.5. The topological polar surface area (TPSA) is 55.1 Å². The van der Waals surface area contributed by atoms with Crippen molar-refractivity contribution in [1.82, 2.24) is 5.32 Å². The lowest BCUT2D eigenvalue weighted by molar-refractivity contribution is -0.123. The molecule has 0 bridgehead atoms. The molecule has 92 valence electrons. The van der Waals surface area contributed by atoms with Gasteiger partial charge >= 0.3 is 0 Å². The van der Waals surface area contributed by atoms with Crippen LogP contribution in [0.25, 0.3) is 0 Å². The van der Waals surface area contributed by atoms with Crippen LogP contribution in [-0.2, 0) is 4.79 Å². The lowest BCUT2D eigenvalue weighted by Crippen LogP contribution is -2.43. The first-order valence-electron chi connectivity index (χ1n) is 6.81. The molecule has 2 atom stereocenters. The van der Waals surface area contributed by atoms with Gasteiger partial charge in [-0.25, -0.2) is 0 Å². The molecule has 2 saturated carbocycles. The lowest BCUT2D eigenvalue weighted by atomic mass is 9.84. The Morgan fingerprint density at radius 1 is 0.938 bits per heavy atom. The van der Waals surface area contributed by atoms with E-state index in [1.165, 1.54) is 38.5 Å². The maximum atomic E-state index is 11.2. The van der Waals surface area contributed by atoms with Gasteiger partial charge in [-0.05, 0) is 32.1 Å². The third-order valence-corrected chi connectivity index (χ3v) is 4.15. The summed E-state index contributed by atoms with van der Waals surface area (Å²) in [6.45, 7) is 0. The second-order valence-corrected chi connectivity index (χ2v) is 5.46. The first kappa shape index (κ1) is 11.9. The number of amides is 1. The van der Waals surface area contributed by atoms with Crippen LogP contribution in [0.4, 0.5) is 0 Å². The highest BCUT2D eigenvalue weighted by Crippen LogP contribution is 2.26. The van der Waals surface area contributed by atoms with Crippen LogP contribution >= 0.6 is 0 Å². The van der Waals surface area contributed by atoms with Gasteiger partial charge in [0.15, 0.2) is 0 Å². The second-order valence-electron chi connectivity index (χ2n) is 5.46. The zero-order chi connectivity index (χ0) is 11.4. The molecule has 2 unspecified atom stereocenters. The molecule has 0 aromatic carbocycles. The SMILES string of the molecule is NC(=O)C1CCCC(NC2CCCCC2)C1. The molecule has 3 N–H and O–H groups in total. The maximum absolute atomic E-state index is 11.2. The maximum Gasteiger partial charge on any atom is 0.220 e. The minimum atomic E-state index is -0.102. The number of carbonyl (C=O) groups excluding carboxylic acids is 1. The van der Waals surface area contributed by atoms with Gasteiger partial charge in [-0.1, -0.05) is 25.7 Å². The molecule has 0 saturated heterocycles. The van der Waals surface area contributed by atoms with Crippen molar-refractivity contribution in [3.63, 3.8) is 0 Å². The van der Waals surface area contributed by atoms with Crippen molar-refractivity contribution >= 4 is 5.91 Å². The number of nitrogens with one attached hydrogen (secondary N) is 1. The van der Waals surface area contributed by atoms with Crippen LogP contribution < -0.4 is 11.1 Å². The van der Waals surface area contributed by atoms with Crippen LogP contribution in [0.2, 0.25) is 0 Å².